The molecule has 154 valence electrons. The van der Waals surface area contributed by atoms with Gasteiger partial charge in [-0.2, -0.15) is 5.10 Å². The van der Waals surface area contributed by atoms with Gasteiger partial charge in [0.05, 0.1) is 12.2 Å². The lowest BCUT2D eigenvalue weighted by molar-refractivity contribution is 0.402. The van der Waals surface area contributed by atoms with Crippen LogP contribution in [0, 0.1) is 0 Å². The summed E-state index contributed by atoms with van der Waals surface area (Å²) in [6.45, 7) is 9.72. The van der Waals surface area contributed by atoms with E-state index in [0.29, 0.717) is 12.5 Å². The average Bonchev–Trinajstić information content (AvgIpc) is 2.99. The van der Waals surface area contributed by atoms with E-state index in [-0.39, 0.29) is 0 Å². The second-order valence-corrected chi connectivity index (χ2v) is 7.95. The molecular weight excluding hydrogens is 348 g/mol. The Morgan fingerprint density at radius 1 is 1.11 bits per heavy atom. The van der Waals surface area contributed by atoms with Crippen LogP contribution in [-0.4, -0.2) is 53.2 Å². The van der Waals surface area contributed by atoms with Crippen molar-refractivity contribution in [1.82, 2.24) is 24.9 Å². The Bertz CT molecular complexity index is 758. The van der Waals surface area contributed by atoms with Crippen LogP contribution in [0.25, 0.3) is 0 Å². The van der Waals surface area contributed by atoms with Gasteiger partial charge in [0.15, 0.2) is 5.96 Å². The van der Waals surface area contributed by atoms with Gasteiger partial charge in [0, 0.05) is 45.5 Å². The highest BCUT2D eigenvalue weighted by Crippen LogP contribution is 2.18. The lowest BCUT2D eigenvalue weighted by atomic mass is 10.1. The summed E-state index contributed by atoms with van der Waals surface area (Å²) in [5.74, 6) is 1.32. The van der Waals surface area contributed by atoms with Crippen LogP contribution in [0.3, 0.4) is 0 Å². The molecule has 1 aromatic carbocycles. The van der Waals surface area contributed by atoms with Gasteiger partial charge < -0.3 is 15.1 Å². The third-order valence-corrected chi connectivity index (χ3v) is 4.52. The Hall–Kier alpha value is -2.34. The number of hydrogen-bond acceptors (Lipinski definition) is 3. The molecule has 0 unspecified atom stereocenters. The smallest absolute Gasteiger partial charge is 0.194 e. The molecule has 1 aromatic heterocycles. The summed E-state index contributed by atoms with van der Waals surface area (Å²) >= 11 is 0. The van der Waals surface area contributed by atoms with Crippen LogP contribution in [0.1, 0.15) is 49.1 Å². The van der Waals surface area contributed by atoms with Gasteiger partial charge in [0.1, 0.15) is 0 Å². The van der Waals surface area contributed by atoms with Crippen LogP contribution in [0.2, 0.25) is 0 Å². The number of aryl methyl sites for hydroxylation is 1. The van der Waals surface area contributed by atoms with Crippen LogP contribution in [0.15, 0.2) is 35.5 Å². The first-order valence-corrected chi connectivity index (χ1v) is 10.0. The minimum absolute atomic E-state index is 0.407. The Labute approximate surface area is 170 Å². The maximum Gasteiger partial charge on any atom is 0.194 e. The van der Waals surface area contributed by atoms with Crippen LogP contribution < -0.4 is 5.32 Å². The monoisotopic (exact) mass is 384 g/mol. The third-order valence-electron chi connectivity index (χ3n) is 4.52. The zero-order valence-corrected chi connectivity index (χ0v) is 18.5. The zero-order chi connectivity index (χ0) is 20.7. The van der Waals surface area contributed by atoms with Crippen molar-refractivity contribution < 1.29 is 0 Å². The van der Waals surface area contributed by atoms with E-state index in [9.17, 15) is 0 Å². The normalized spacial score (nSPS) is 12.1. The van der Waals surface area contributed by atoms with Crippen molar-refractivity contribution in [1.29, 1.82) is 0 Å². The highest BCUT2D eigenvalue weighted by Gasteiger charge is 2.15. The van der Waals surface area contributed by atoms with E-state index in [2.05, 4.69) is 92.6 Å². The molecule has 0 atom stereocenters. The first kappa shape index (κ1) is 22.0. The predicted octanol–water partition coefficient (Wildman–Crippen LogP) is 3.20. The fraction of sp³-hybridized carbons (Fsp3) is 0.545. The number of nitrogens with zero attached hydrogens (tertiary/aromatic N) is 5. The molecule has 2 rings (SSSR count). The van der Waals surface area contributed by atoms with Gasteiger partial charge in [0.2, 0.25) is 0 Å². The van der Waals surface area contributed by atoms with Crippen LogP contribution >= 0.6 is 0 Å². The molecule has 6 nitrogen and oxygen atoms in total. The fourth-order valence-electron chi connectivity index (χ4n) is 3.24. The Morgan fingerprint density at radius 2 is 1.75 bits per heavy atom. The molecule has 6 heteroatoms. The van der Waals surface area contributed by atoms with Crippen molar-refractivity contribution in [3.8, 4) is 0 Å². The van der Waals surface area contributed by atoms with Gasteiger partial charge in [-0.15, -0.1) is 0 Å². The number of rotatable bonds is 8. The van der Waals surface area contributed by atoms with E-state index in [0.717, 1.165) is 31.3 Å². The average molecular weight is 385 g/mol. The van der Waals surface area contributed by atoms with Crippen molar-refractivity contribution in [2.45, 2.75) is 46.3 Å². The highest BCUT2D eigenvalue weighted by atomic mass is 15.3. The molecule has 0 aliphatic heterocycles. The number of nitrogens with one attached hydrogen (secondary N) is 1. The number of benzene rings is 1. The summed E-state index contributed by atoms with van der Waals surface area (Å²) in [7, 11) is 8.24. The lowest BCUT2D eigenvalue weighted by Crippen LogP contribution is -2.38. The van der Waals surface area contributed by atoms with Crippen LogP contribution in [-0.2, 0) is 26.7 Å². The molecule has 0 saturated carbocycles. The van der Waals surface area contributed by atoms with Crippen molar-refractivity contribution >= 4 is 5.96 Å². The minimum atomic E-state index is 0.407. The molecule has 0 saturated heterocycles. The number of hydrogen-bond donors (Lipinski definition) is 1. The molecule has 0 radical (unpaired) electrons. The number of guanidine groups is 1. The topological polar surface area (TPSA) is 48.7 Å². The molecule has 0 bridgehead atoms. The van der Waals surface area contributed by atoms with Crippen molar-refractivity contribution in [3.63, 3.8) is 0 Å². The molecule has 2 aromatic rings. The van der Waals surface area contributed by atoms with Crippen LogP contribution in [0.4, 0.5) is 0 Å². The Kier molecular flexibility index (Phi) is 8.05. The van der Waals surface area contributed by atoms with E-state index < -0.39 is 0 Å². The van der Waals surface area contributed by atoms with Gasteiger partial charge in [-0.05, 0) is 38.1 Å². The third kappa shape index (κ3) is 6.37. The highest BCUT2D eigenvalue weighted by molar-refractivity contribution is 5.79. The molecule has 0 amide bonds. The fourth-order valence-corrected chi connectivity index (χ4v) is 3.24. The Balaban J connectivity index is 2.08. The molecule has 0 aliphatic carbocycles. The van der Waals surface area contributed by atoms with Crippen LogP contribution in [0.5, 0.6) is 0 Å². The van der Waals surface area contributed by atoms with E-state index in [1.165, 1.54) is 16.7 Å². The van der Waals surface area contributed by atoms with Crippen molar-refractivity contribution in [2.75, 3.05) is 27.7 Å². The summed E-state index contributed by atoms with van der Waals surface area (Å²) < 4.78 is 1.90. The quantitative estimate of drug-likeness (QED) is 0.561. The van der Waals surface area contributed by atoms with Gasteiger partial charge in [-0.1, -0.05) is 38.1 Å². The minimum Gasteiger partial charge on any atom is -0.357 e. The largest absolute Gasteiger partial charge is 0.357 e. The number of aliphatic imine (C=N–C) groups is 1. The first-order valence-electron chi connectivity index (χ1n) is 10.0. The van der Waals surface area contributed by atoms with E-state index >= 15 is 0 Å². The maximum absolute atomic E-state index is 4.85. The second-order valence-electron chi connectivity index (χ2n) is 7.95. The molecular formula is C22H36N6. The summed E-state index contributed by atoms with van der Waals surface area (Å²) in [6.07, 6.45) is 2.11. The zero-order valence-electron chi connectivity index (χ0n) is 18.5. The van der Waals surface area contributed by atoms with E-state index in [1.54, 1.807) is 0 Å². The number of aromatic nitrogens is 2. The summed E-state index contributed by atoms with van der Waals surface area (Å²) in [4.78, 5) is 9.19. The van der Waals surface area contributed by atoms with Crippen molar-refractivity contribution in [3.05, 3.63) is 52.8 Å². The van der Waals surface area contributed by atoms with E-state index in [1.807, 2.05) is 11.7 Å². The lowest BCUT2D eigenvalue weighted by Gasteiger charge is -2.22. The second kappa shape index (κ2) is 10.3. The first-order chi connectivity index (χ1) is 13.3. The molecule has 28 heavy (non-hydrogen) atoms. The van der Waals surface area contributed by atoms with Gasteiger partial charge in [0.25, 0.3) is 0 Å². The molecule has 0 fully saturated rings. The van der Waals surface area contributed by atoms with Gasteiger partial charge >= 0.3 is 0 Å². The summed E-state index contributed by atoms with van der Waals surface area (Å²) in [5.41, 5.74) is 4.94. The standard InChI is InChI=1S/C22H36N6/c1-8-23-22(24-13-18-9-11-19(12-10-18)14-26(4)5)27(6)15-20-16-28(7)25-21(20)17(2)3/h9-12,16-17H,8,13-15H2,1-7H3,(H,23,24). The molecule has 0 spiro atoms. The predicted molar refractivity (Wildman–Crippen MR) is 117 cm³/mol. The molecule has 1 heterocycles. The summed E-state index contributed by atoms with van der Waals surface area (Å²) in [6, 6.07) is 8.71. The maximum atomic E-state index is 4.85. The molecule has 0 aliphatic rings. The van der Waals surface area contributed by atoms with Gasteiger partial charge in [-0.3, -0.25) is 4.68 Å². The van der Waals surface area contributed by atoms with Crippen molar-refractivity contribution in [2.24, 2.45) is 12.0 Å². The molecule has 1 N–H and O–H groups in total. The summed E-state index contributed by atoms with van der Waals surface area (Å²) in [5, 5.41) is 8.02. The Morgan fingerprint density at radius 3 is 2.32 bits per heavy atom. The SMILES string of the molecule is CCNC(=NCc1ccc(CN(C)C)cc1)N(C)Cc1cn(C)nc1C(C)C. The van der Waals surface area contributed by atoms with Gasteiger partial charge in [-0.25, -0.2) is 4.99 Å². The van der Waals surface area contributed by atoms with E-state index in [4.69, 9.17) is 4.99 Å².